The summed E-state index contributed by atoms with van der Waals surface area (Å²) in [4.78, 5) is 48.0. The number of nitrogens with zero attached hydrogens (tertiary/aromatic N) is 4. The fraction of sp³-hybridized carbons (Fsp3) is 0.400. The number of hydrogen-bond acceptors (Lipinski definition) is 7. The molecule has 2 heterocycles. The summed E-state index contributed by atoms with van der Waals surface area (Å²) in [5.74, 6) is -0.795. The van der Waals surface area contributed by atoms with Gasteiger partial charge in [0, 0.05) is 32.4 Å². The van der Waals surface area contributed by atoms with Crippen LogP contribution in [0.3, 0.4) is 0 Å². The first-order chi connectivity index (χ1) is 19.6. The maximum absolute atomic E-state index is 13.7. The fourth-order valence-corrected chi connectivity index (χ4v) is 4.43. The molecule has 45 heavy (non-hydrogen) atoms. The number of likely N-dealkylation sites (N-methyl/N-ethyl adjacent to an activating group) is 1. The van der Waals surface area contributed by atoms with Gasteiger partial charge in [-0.3, -0.25) is 14.4 Å². The standard InChI is InChI=1S/C30H39N7O4.4ClH/c1-30(2,31)29(40)33-24(20-41-19-22-10-6-4-7-11-22)27(38)34-25-18-37(21-32-25)26(23-12-8-5-9-13-23)28(39)36-16-14-35(3)15-17-36;;;;/h4-13,18,21,24,26H,14-17,19-20,31H2,1-3H3,(H,33,40)(H,34,38);4*1H/t24-,26?;;;;/m1..../s1. The lowest BCUT2D eigenvalue weighted by Crippen LogP contribution is -2.56. The molecular weight excluding hydrogens is 664 g/mol. The highest BCUT2D eigenvalue weighted by Gasteiger charge is 2.31. The first-order valence-corrected chi connectivity index (χ1v) is 13.7. The van der Waals surface area contributed by atoms with Gasteiger partial charge in [0.25, 0.3) is 5.91 Å². The molecule has 1 aliphatic heterocycles. The van der Waals surface area contributed by atoms with E-state index in [1.807, 2.05) is 72.6 Å². The number of carbonyl (C=O) groups excluding carboxylic acids is 3. The van der Waals surface area contributed by atoms with Crippen LogP contribution >= 0.6 is 49.6 Å². The molecule has 0 saturated carbocycles. The van der Waals surface area contributed by atoms with Crippen molar-refractivity contribution in [2.45, 2.75) is 38.1 Å². The first kappa shape index (κ1) is 42.1. The van der Waals surface area contributed by atoms with Gasteiger partial charge in [-0.15, -0.1) is 49.6 Å². The smallest absolute Gasteiger partial charge is 0.250 e. The van der Waals surface area contributed by atoms with Crippen molar-refractivity contribution in [1.82, 2.24) is 24.7 Å². The van der Waals surface area contributed by atoms with Crippen LogP contribution in [0.4, 0.5) is 5.82 Å². The molecule has 1 aliphatic rings. The van der Waals surface area contributed by atoms with Crippen molar-refractivity contribution in [3.63, 3.8) is 0 Å². The Morgan fingerprint density at radius 1 is 0.933 bits per heavy atom. The Morgan fingerprint density at radius 3 is 2.09 bits per heavy atom. The van der Waals surface area contributed by atoms with E-state index in [2.05, 4.69) is 20.5 Å². The Balaban J connectivity index is 0.00000484. The number of hydrogen-bond donors (Lipinski definition) is 3. The molecule has 11 nitrogen and oxygen atoms in total. The Bertz CT molecular complexity index is 1320. The monoisotopic (exact) mass is 705 g/mol. The van der Waals surface area contributed by atoms with Crippen molar-refractivity contribution in [2.75, 3.05) is 45.2 Å². The van der Waals surface area contributed by atoms with Gasteiger partial charge in [0.15, 0.2) is 5.82 Å². The zero-order valence-corrected chi connectivity index (χ0v) is 28.7. The number of ether oxygens (including phenoxy) is 1. The molecule has 1 aromatic heterocycles. The van der Waals surface area contributed by atoms with E-state index in [1.165, 1.54) is 6.33 Å². The topological polar surface area (TPSA) is 135 Å². The predicted molar refractivity (Wildman–Crippen MR) is 185 cm³/mol. The summed E-state index contributed by atoms with van der Waals surface area (Å²) in [6.07, 6.45) is 3.16. The predicted octanol–water partition coefficient (Wildman–Crippen LogP) is 3.31. The van der Waals surface area contributed by atoms with Crippen LogP contribution in [0.15, 0.2) is 73.2 Å². The summed E-state index contributed by atoms with van der Waals surface area (Å²) in [5.41, 5.74) is 6.52. The molecule has 1 saturated heterocycles. The SMILES string of the molecule is CN1CCN(C(=O)C(c2ccccc2)n2cnc(NC(=O)[C@@H](COCc3ccccc3)NC(=O)C(C)(C)N)c2)CC1.Cl.Cl.Cl.Cl. The lowest BCUT2D eigenvalue weighted by atomic mass is 10.0. The molecule has 0 spiro atoms. The molecule has 2 aromatic carbocycles. The lowest BCUT2D eigenvalue weighted by Gasteiger charge is -2.35. The maximum atomic E-state index is 13.7. The molecule has 4 rings (SSSR count). The van der Waals surface area contributed by atoms with E-state index in [0.717, 1.165) is 24.2 Å². The minimum atomic E-state index is -1.19. The number of amides is 3. The van der Waals surface area contributed by atoms with Gasteiger partial charge in [-0.2, -0.15) is 0 Å². The van der Waals surface area contributed by atoms with Gasteiger partial charge in [0.1, 0.15) is 12.1 Å². The summed E-state index contributed by atoms with van der Waals surface area (Å²) in [6.45, 7) is 6.20. The molecule has 0 aliphatic carbocycles. The second kappa shape index (κ2) is 19.6. The number of benzene rings is 2. The zero-order valence-electron chi connectivity index (χ0n) is 25.5. The van der Waals surface area contributed by atoms with Crippen LogP contribution in [0.1, 0.15) is 31.0 Å². The number of anilines is 1. The van der Waals surface area contributed by atoms with Gasteiger partial charge in [0.2, 0.25) is 11.8 Å². The molecule has 3 amide bonds. The number of nitrogens with one attached hydrogen (secondary N) is 2. The summed E-state index contributed by atoms with van der Waals surface area (Å²) < 4.78 is 7.47. The summed E-state index contributed by atoms with van der Waals surface area (Å²) in [6, 6.07) is 17.4. The third-order valence-electron chi connectivity index (χ3n) is 6.92. The number of halogens is 4. The van der Waals surface area contributed by atoms with E-state index < -0.39 is 29.4 Å². The molecule has 1 fully saturated rings. The Kier molecular flexibility index (Phi) is 18.3. The molecule has 0 bridgehead atoms. The molecular formula is C30H43Cl4N7O4. The highest BCUT2D eigenvalue weighted by molar-refractivity contribution is 5.98. The average Bonchev–Trinajstić information content (AvgIpc) is 3.41. The largest absolute Gasteiger partial charge is 0.374 e. The minimum Gasteiger partial charge on any atom is -0.374 e. The summed E-state index contributed by atoms with van der Waals surface area (Å²) in [5, 5.41) is 5.44. The quantitative estimate of drug-likeness (QED) is 0.279. The van der Waals surface area contributed by atoms with Gasteiger partial charge in [0.05, 0.1) is 25.1 Å². The van der Waals surface area contributed by atoms with Crippen molar-refractivity contribution in [3.05, 3.63) is 84.3 Å². The van der Waals surface area contributed by atoms with Crippen LogP contribution in [0.25, 0.3) is 0 Å². The Morgan fingerprint density at radius 2 is 1.51 bits per heavy atom. The zero-order chi connectivity index (χ0) is 29.4. The van der Waals surface area contributed by atoms with Crippen LogP contribution in [0.5, 0.6) is 0 Å². The van der Waals surface area contributed by atoms with Crippen molar-refractivity contribution in [2.24, 2.45) is 5.73 Å². The van der Waals surface area contributed by atoms with Crippen LogP contribution in [0.2, 0.25) is 0 Å². The van der Waals surface area contributed by atoms with Crippen LogP contribution in [-0.4, -0.2) is 88.5 Å². The average molecular weight is 708 g/mol. The molecule has 1 unspecified atom stereocenters. The van der Waals surface area contributed by atoms with Gasteiger partial charge in [-0.1, -0.05) is 60.7 Å². The maximum Gasteiger partial charge on any atom is 0.250 e. The molecule has 15 heteroatoms. The van der Waals surface area contributed by atoms with E-state index >= 15 is 0 Å². The molecule has 0 radical (unpaired) electrons. The van der Waals surface area contributed by atoms with Crippen molar-refractivity contribution in [1.29, 1.82) is 0 Å². The van der Waals surface area contributed by atoms with E-state index in [-0.39, 0.29) is 74.6 Å². The number of carbonyl (C=O) groups is 3. The van der Waals surface area contributed by atoms with E-state index in [0.29, 0.717) is 13.1 Å². The van der Waals surface area contributed by atoms with Crippen molar-refractivity contribution < 1.29 is 19.1 Å². The fourth-order valence-electron chi connectivity index (χ4n) is 4.43. The molecule has 2 atom stereocenters. The lowest BCUT2D eigenvalue weighted by molar-refractivity contribution is -0.135. The summed E-state index contributed by atoms with van der Waals surface area (Å²) in [7, 11) is 2.04. The van der Waals surface area contributed by atoms with Gasteiger partial charge >= 0.3 is 0 Å². The highest BCUT2D eigenvalue weighted by Crippen LogP contribution is 2.23. The molecule has 4 N–H and O–H groups in total. The first-order valence-electron chi connectivity index (χ1n) is 13.7. The highest BCUT2D eigenvalue weighted by atomic mass is 35.5. The number of piperazine rings is 1. The Labute approximate surface area is 289 Å². The second-order valence-electron chi connectivity index (χ2n) is 10.9. The van der Waals surface area contributed by atoms with Gasteiger partial charge in [-0.05, 0) is 32.0 Å². The third kappa shape index (κ3) is 12.1. The van der Waals surface area contributed by atoms with E-state index in [1.54, 1.807) is 24.6 Å². The van der Waals surface area contributed by atoms with Crippen molar-refractivity contribution in [3.8, 4) is 0 Å². The minimum absolute atomic E-state index is 0. The summed E-state index contributed by atoms with van der Waals surface area (Å²) >= 11 is 0. The normalized spacial score (nSPS) is 14.3. The van der Waals surface area contributed by atoms with Gasteiger partial charge in [-0.25, -0.2) is 4.98 Å². The number of imidazole rings is 1. The second-order valence-corrected chi connectivity index (χ2v) is 10.9. The van der Waals surface area contributed by atoms with Crippen LogP contribution in [-0.2, 0) is 25.7 Å². The number of aromatic nitrogens is 2. The molecule has 3 aromatic rings. The van der Waals surface area contributed by atoms with Crippen LogP contribution < -0.4 is 16.4 Å². The number of rotatable bonds is 11. The Hall–Kier alpha value is -2.90. The van der Waals surface area contributed by atoms with Gasteiger partial charge < -0.3 is 35.5 Å². The number of nitrogens with two attached hydrogens (primary N) is 1. The van der Waals surface area contributed by atoms with E-state index in [9.17, 15) is 14.4 Å². The van der Waals surface area contributed by atoms with E-state index in [4.69, 9.17) is 10.5 Å². The third-order valence-corrected chi connectivity index (χ3v) is 6.92. The molecule has 250 valence electrons. The van der Waals surface area contributed by atoms with Crippen molar-refractivity contribution >= 4 is 73.2 Å². The van der Waals surface area contributed by atoms with Crippen LogP contribution in [0, 0.1) is 0 Å².